The van der Waals surface area contributed by atoms with E-state index in [4.69, 9.17) is 5.73 Å². The molecule has 1 amide bonds. The zero-order valence-electron chi connectivity index (χ0n) is 13.3. The van der Waals surface area contributed by atoms with E-state index in [0.717, 1.165) is 17.8 Å². The van der Waals surface area contributed by atoms with Crippen molar-refractivity contribution in [3.8, 4) is 0 Å². The van der Waals surface area contributed by atoms with E-state index < -0.39 is 17.6 Å². The molecule has 1 aromatic carbocycles. The van der Waals surface area contributed by atoms with Crippen molar-refractivity contribution < 1.29 is 18.0 Å². The van der Waals surface area contributed by atoms with Crippen molar-refractivity contribution in [1.82, 2.24) is 4.98 Å². The lowest BCUT2D eigenvalue weighted by Crippen LogP contribution is -2.16. The minimum Gasteiger partial charge on any atom is -0.326 e. The first kappa shape index (κ1) is 23.2. The zero-order chi connectivity index (χ0) is 17.0. The molecule has 0 aliphatic heterocycles. The van der Waals surface area contributed by atoms with E-state index in [1.165, 1.54) is 6.07 Å². The maximum absolute atomic E-state index is 12.8. The van der Waals surface area contributed by atoms with Crippen molar-refractivity contribution in [3.05, 3.63) is 58.9 Å². The summed E-state index contributed by atoms with van der Waals surface area (Å²) in [7, 11) is 0. The number of alkyl halides is 3. The number of carbonyl (C=O) groups excluding carboxylic acids is 1. The summed E-state index contributed by atoms with van der Waals surface area (Å²) in [6.45, 7) is 1.77. The molecule has 0 saturated heterocycles. The van der Waals surface area contributed by atoms with Gasteiger partial charge >= 0.3 is 6.18 Å². The molecule has 1 heterocycles. The first-order valence-electron chi connectivity index (χ1n) is 6.90. The molecule has 0 spiro atoms. The molecular formula is C16H18Cl2F3N3O. The van der Waals surface area contributed by atoms with Gasteiger partial charge in [-0.25, -0.2) is 0 Å². The lowest BCUT2D eigenvalue weighted by atomic mass is 10.1. The molecule has 0 radical (unpaired) electrons. The largest absolute Gasteiger partial charge is 0.416 e. The molecule has 9 heteroatoms. The third-order valence-electron chi connectivity index (χ3n) is 3.18. The number of hydrogen-bond acceptors (Lipinski definition) is 3. The van der Waals surface area contributed by atoms with Crippen molar-refractivity contribution in [2.24, 2.45) is 5.73 Å². The van der Waals surface area contributed by atoms with Gasteiger partial charge in [-0.05, 0) is 42.3 Å². The molecule has 0 fully saturated rings. The summed E-state index contributed by atoms with van der Waals surface area (Å²) >= 11 is 0. The number of aromatic nitrogens is 1. The highest BCUT2D eigenvalue weighted by Crippen LogP contribution is 2.32. The minimum absolute atomic E-state index is 0. The highest BCUT2D eigenvalue weighted by atomic mass is 35.5. The van der Waals surface area contributed by atoms with Crippen LogP contribution in [0.2, 0.25) is 0 Å². The van der Waals surface area contributed by atoms with Gasteiger partial charge in [0.05, 0.1) is 12.0 Å². The Balaban J connectivity index is 0.00000288. The smallest absolute Gasteiger partial charge is 0.326 e. The first-order valence-corrected chi connectivity index (χ1v) is 6.90. The predicted molar refractivity (Wildman–Crippen MR) is 95.1 cm³/mol. The summed E-state index contributed by atoms with van der Waals surface area (Å²) < 4.78 is 38.5. The fourth-order valence-electron chi connectivity index (χ4n) is 2.04. The number of nitrogens with two attached hydrogens (primary N) is 1. The second-order valence-electron chi connectivity index (χ2n) is 5.15. The number of aryl methyl sites for hydroxylation is 1. The van der Waals surface area contributed by atoms with Gasteiger partial charge < -0.3 is 11.1 Å². The summed E-state index contributed by atoms with van der Waals surface area (Å²) in [5, 5.41) is 2.47. The van der Waals surface area contributed by atoms with Crippen LogP contribution < -0.4 is 11.1 Å². The molecule has 2 rings (SSSR count). The molecule has 25 heavy (non-hydrogen) atoms. The number of pyridine rings is 1. The Hall–Kier alpha value is -1.83. The Kier molecular flexibility index (Phi) is 8.90. The van der Waals surface area contributed by atoms with Crippen LogP contribution in [0.25, 0.3) is 0 Å². The van der Waals surface area contributed by atoms with Crippen LogP contribution in [0, 0.1) is 6.92 Å². The number of halogens is 5. The molecule has 0 atom stereocenters. The van der Waals surface area contributed by atoms with Crippen molar-refractivity contribution in [1.29, 1.82) is 0 Å². The van der Waals surface area contributed by atoms with Crippen molar-refractivity contribution in [2.45, 2.75) is 26.1 Å². The number of benzene rings is 1. The average molecular weight is 396 g/mol. The number of nitrogens with one attached hydrogen (secondary N) is 1. The fraction of sp³-hybridized carbons (Fsp3) is 0.250. The molecule has 0 bridgehead atoms. The van der Waals surface area contributed by atoms with E-state index in [2.05, 4.69) is 10.3 Å². The Morgan fingerprint density at radius 3 is 2.36 bits per heavy atom. The van der Waals surface area contributed by atoms with Gasteiger partial charge in [0.25, 0.3) is 0 Å². The fourth-order valence-corrected chi connectivity index (χ4v) is 2.04. The van der Waals surface area contributed by atoms with Gasteiger partial charge in [0.2, 0.25) is 5.91 Å². The van der Waals surface area contributed by atoms with Gasteiger partial charge in [0, 0.05) is 24.1 Å². The Morgan fingerprint density at radius 2 is 1.84 bits per heavy atom. The van der Waals surface area contributed by atoms with Crippen LogP contribution in [0.5, 0.6) is 0 Å². The van der Waals surface area contributed by atoms with E-state index in [1.54, 1.807) is 18.3 Å². The number of hydrogen-bond donors (Lipinski definition) is 2. The van der Waals surface area contributed by atoms with Crippen LogP contribution in [-0.4, -0.2) is 10.9 Å². The molecule has 1 aromatic heterocycles. The number of anilines is 1. The van der Waals surface area contributed by atoms with E-state index in [9.17, 15) is 18.0 Å². The average Bonchev–Trinajstić information content (AvgIpc) is 2.48. The van der Waals surface area contributed by atoms with Crippen LogP contribution in [0.1, 0.15) is 22.4 Å². The number of amides is 1. The van der Waals surface area contributed by atoms with Gasteiger partial charge in [-0.3, -0.25) is 9.78 Å². The Morgan fingerprint density at radius 1 is 1.16 bits per heavy atom. The van der Waals surface area contributed by atoms with Gasteiger partial charge in [0.15, 0.2) is 0 Å². The topological polar surface area (TPSA) is 68.0 Å². The van der Waals surface area contributed by atoms with Crippen LogP contribution in [-0.2, 0) is 23.9 Å². The predicted octanol–water partition coefficient (Wildman–Crippen LogP) is 3.89. The molecule has 0 aliphatic carbocycles. The van der Waals surface area contributed by atoms with Crippen molar-refractivity contribution in [2.75, 3.05) is 5.32 Å². The molecule has 0 aliphatic rings. The molecule has 0 saturated carbocycles. The normalized spacial score (nSPS) is 10.4. The molecule has 4 nitrogen and oxygen atoms in total. The quantitative estimate of drug-likeness (QED) is 0.824. The monoisotopic (exact) mass is 395 g/mol. The number of nitrogens with zero attached hydrogens (tertiary/aromatic N) is 1. The van der Waals surface area contributed by atoms with Gasteiger partial charge in [-0.15, -0.1) is 24.8 Å². The van der Waals surface area contributed by atoms with Gasteiger partial charge in [-0.2, -0.15) is 13.2 Å². The summed E-state index contributed by atoms with van der Waals surface area (Å²) in [5.74, 6) is -0.419. The minimum atomic E-state index is -4.49. The SMILES string of the molecule is Cc1ccc(CC(=O)Nc2cc(CN)cc(C(F)(F)F)c2)cn1.Cl.Cl. The maximum atomic E-state index is 12.8. The molecule has 0 unspecified atom stereocenters. The number of rotatable bonds is 4. The van der Waals surface area contributed by atoms with Gasteiger partial charge in [0.1, 0.15) is 0 Å². The standard InChI is InChI=1S/C16H16F3N3O.2ClH/c1-10-2-3-11(9-21-10)6-15(23)22-14-5-12(8-20)4-13(7-14)16(17,18)19;;/h2-5,7,9H,6,8,20H2,1H3,(H,22,23);2*1H. The summed E-state index contributed by atoms with van der Waals surface area (Å²) in [6.07, 6.45) is -2.90. The van der Waals surface area contributed by atoms with Crippen LogP contribution in [0.15, 0.2) is 36.5 Å². The third kappa shape index (κ3) is 6.89. The lowest BCUT2D eigenvalue weighted by Gasteiger charge is -2.12. The second kappa shape index (κ2) is 9.60. The first-order chi connectivity index (χ1) is 10.8. The Labute approximate surface area is 155 Å². The van der Waals surface area contributed by atoms with Crippen LogP contribution in [0.4, 0.5) is 18.9 Å². The van der Waals surface area contributed by atoms with Crippen LogP contribution in [0.3, 0.4) is 0 Å². The molecule has 2 aromatic rings. The molecule has 3 N–H and O–H groups in total. The second-order valence-corrected chi connectivity index (χ2v) is 5.15. The highest BCUT2D eigenvalue weighted by molar-refractivity contribution is 5.92. The number of carbonyl (C=O) groups is 1. The van der Waals surface area contributed by atoms with E-state index in [1.807, 2.05) is 6.92 Å². The maximum Gasteiger partial charge on any atom is 0.416 e. The lowest BCUT2D eigenvalue weighted by molar-refractivity contribution is -0.137. The van der Waals surface area contributed by atoms with Crippen LogP contribution >= 0.6 is 24.8 Å². The van der Waals surface area contributed by atoms with E-state index in [-0.39, 0.29) is 43.5 Å². The summed E-state index contributed by atoms with van der Waals surface area (Å²) in [5.41, 5.74) is 6.44. The summed E-state index contributed by atoms with van der Waals surface area (Å²) in [6, 6.07) is 6.81. The zero-order valence-corrected chi connectivity index (χ0v) is 14.9. The Bertz CT molecular complexity index is 707. The molecule has 138 valence electrons. The van der Waals surface area contributed by atoms with Crippen molar-refractivity contribution >= 4 is 36.4 Å². The molecular weight excluding hydrogens is 378 g/mol. The summed E-state index contributed by atoms with van der Waals surface area (Å²) in [4.78, 5) is 16.0. The van der Waals surface area contributed by atoms with Crippen molar-refractivity contribution in [3.63, 3.8) is 0 Å². The van der Waals surface area contributed by atoms with E-state index in [0.29, 0.717) is 11.1 Å². The van der Waals surface area contributed by atoms with Gasteiger partial charge in [-0.1, -0.05) is 6.07 Å². The third-order valence-corrected chi connectivity index (χ3v) is 3.18. The van der Waals surface area contributed by atoms with E-state index >= 15 is 0 Å². The highest BCUT2D eigenvalue weighted by Gasteiger charge is 2.31.